The maximum absolute atomic E-state index is 10.4. The second kappa shape index (κ2) is 4.59. The summed E-state index contributed by atoms with van der Waals surface area (Å²) in [6, 6.07) is 0. The summed E-state index contributed by atoms with van der Waals surface area (Å²) >= 11 is 0. The Morgan fingerprint density at radius 2 is 2.50 bits per heavy atom. The number of rotatable bonds is 3. The molecule has 0 saturated carbocycles. The molecular formula is C5H10NO2. The molecule has 0 aliphatic carbocycles. The first-order chi connectivity index (χ1) is 3.81. The Morgan fingerprint density at radius 3 is 2.88 bits per heavy atom. The van der Waals surface area contributed by atoms with E-state index < -0.39 is 0 Å². The zero-order valence-corrected chi connectivity index (χ0v) is 5.10. The van der Waals surface area contributed by atoms with E-state index in [9.17, 15) is 4.79 Å². The molecule has 0 spiro atoms. The van der Waals surface area contributed by atoms with Crippen LogP contribution in [-0.4, -0.2) is 19.6 Å². The fourth-order valence-corrected chi connectivity index (χ4v) is 0.323. The second-order valence-corrected chi connectivity index (χ2v) is 1.25. The summed E-state index contributed by atoms with van der Waals surface area (Å²) in [5.74, 6) is -0.185. The highest BCUT2D eigenvalue weighted by Crippen LogP contribution is 1.74. The quantitative estimate of drug-likeness (QED) is 0.560. The Morgan fingerprint density at radius 1 is 1.88 bits per heavy atom. The number of hydrogen-bond donors (Lipinski definition) is 1. The number of carbonyl (C=O) groups is 1. The summed E-state index contributed by atoms with van der Waals surface area (Å²) in [5, 5.41) is 2.53. The molecule has 8 heavy (non-hydrogen) atoms. The van der Waals surface area contributed by atoms with E-state index in [1.54, 1.807) is 0 Å². The van der Waals surface area contributed by atoms with Gasteiger partial charge in [0, 0.05) is 13.7 Å². The lowest BCUT2D eigenvalue weighted by molar-refractivity contribution is -0.120. The molecule has 0 rings (SSSR count). The summed E-state index contributed by atoms with van der Waals surface area (Å²) in [4.78, 5) is 10.4. The van der Waals surface area contributed by atoms with Crippen molar-refractivity contribution in [1.29, 1.82) is 0 Å². The third kappa shape index (κ3) is 3.61. The first-order valence-electron chi connectivity index (χ1n) is 2.45. The van der Waals surface area contributed by atoms with Gasteiger partial charge < -0.3 is 10.1 Å². The molecule has 0 atom stereocenters. The molecule has 0 aromatic carbocycles. The fraction of sp³-hybridized carbons (Fsp3) is 0.600. The molecular weight excluding hydrogens is 106 g/mol. The molecule has 1 radical (unpaired) electrons. The normalized spacial score (nSPS) is 8.75. The fourth-order valence-electron chi connectivity index (χ4n) is 0.323. The Bertz CT molecular complexity index is 64.8. The van der Waals surface area contributed by atoms with Crippen LogP contribution in [0.5, 0.6) is 0 Å². The molecule has 0 unspecified atom stereocenters. The number of carbonyl (C=O) groups excluding carboxylic acids is 1. The number of likely N-dealkylation sites (N-methyl/N-ethyl adjacent to an activating group) is 1. The lowest BCUT2D eigenvalue weighted by atomic mass is 10.6. The minimum Gasteiger partial charge on any atom is -0.368 e. The average Bonchev–Trinajstić information content (AvgIpc) is 1.68. The zero-order chi connectivity index (χ0) is 6.41. The smallest absolute Gasteiger partial charge is 0.252 e. The minimum absolute atomic E-state index is 0.185. The van der Waals surface area contributed by atoms with E-state index >= 15 is 0 Å². The average molecular weight is 116 g/mol. The van der Waals surface area contributed by atoms with Crippen molar-refractivity contribution in [2.45, 2.75) is 6.92 Å². The van der Waals surface area contributed by atoms with Crippen molar-refractivity contribution in [3.8, 4) is 0 Å². The van der Waals surface area contributed by atoms with Crippen LogP contribution in [0, 0.1) is 6.61 Å². The van der Waals surface area contributed by atoms with Gasteiger partial charge >= 0.3 is 0 Å². The van der Waals surface area contributed by atoms with E-state index in [1.807, 2.05) is 6.92 Å². The van der Waals surface area contributed by atoms with Crippen molar-refractivity contribution in [2.24, 2.45) is 0 Å². The van der Waals surface area contributed by atoms with Crippen molar-refractivity contribution in [3.05, 3.63) is 6.61 Å². The highest BCUT2D eigenvalue weighted by Gasteiger charge is 1.94. The molecule has 0 heterocycles. The van der Waals surface area contributed by atoms with Gasteiger partial charge in [-0.05, 0) is 6.92 Å². The van der Waals surface area contributed by atoms with Crippen molar-refractivity contribution in [2.75, 3.05) is 13.7 Å². The predicted octanol–water partition coefficient (Wildman–Crippen LogP) is -0.0693. The van der Waals surface area contributed by atoms with Crippen LogP contribution in [0.4, 0.5) is 0 Å². The molecule has 0 aromatic rings. The molecule has 47 valence electrons. The van der Waals surface area contributed by atoms with Crippen LogP contribution in [0.1, 0.15) is 6.92 Å². The van der Waals surface area contributed by atoms with Gasteiger partial charge in [-0.15, -0.1) is 0 Å². The van der Waals surface area contributed by atoms with Gasteiger partial charge in [-0.1, -0.05) is 0 Å². The number of methoxy groups -OCH3 is 1. The zero-order valence-electron chi connectivity index (χ0n) is 5.10. The van der Waals surface area contributed by atoms with Gasteiger partial charge in [-0.25, -0.2) is 0 Å². The first-order valence-corrected chi connectivity index (χ1v) is 2.45. The number of hydrogen-bond acceptors (Lipinski definition) is 2. The lowest BCUT2D eigenvalue weighted by Gasteiger charge is -1.96. The van der Waals surface area contributed by atoms with Gasteiger partial charge in [0.1, 0.15) is 0 Å². The summed E-state index contributed by atoms with van der Waals surface area (Å²) < 4.78 is 4.42. The second-order valence-electron chi connectivity index (χ2n) is 1.25. The van der Waals surface area contributed by atoms with E-state index in [2.05, 4.69) is 10.1 Å². The molecule has 0 fully saturated rings. The summed E-state index contributed by atoms with van der Waals surface area (Å²) in [7, 11) is 1.44. The summed E-state index contributed by atoms with van der Waals surface area (Å²) in [5.41, 5.74) is 0. The predicted molar refractivity (Wildman–Crippen MR) is 30.0 cm³/mol. The molecule has 0 bridgehead atoms. The Balaban J connectivity index is 3.06. The van der Waals surface area contributed by atoms with Crippen LogP contribution in [0.15, 0.2) is 0 Å². The Hall–Kier alpha value is -0.570. The van der Waals surface area contributed by atoms with E-state index in [4.69, 9.17) is 0 Å². The van der Waals surface area contributed by atoms with Gasteiger partial charge in [0.15, 0.2) is 6.61 Å². The maximum Gasteiger partial charge on any atom is 0.252 e. The van der Waals surface area contributed by atoms with E-state index in [1.165, 1.54) is 7.11 Å². The molecule has 1 N–H and O–H groups in total. The summed E-state index contributed by atoms with van der Waals surface area (Å²) in [6.45, 7) is 3.61. The molecule has 0 aliphatic heterocycles. The standard InChI is InChI=1S/C5H10NO2/c1-3-6-5(7)4-8-2/h4H,3H2,1-2H3,(H,6,7). The number of ether oxygens (including phenoxy) is 1. The number of nitrogens with one attached hydrogen (secondary N) is 1. The largest absolute Gasteiger partial charge is 0.368 e. The van der Waals surface area contributed by atoms with Crippen molar-refractivity contribution in [3.63, 3.8) is 0 Å². The van der Waals surface area contributed by atoms with Crippen LogP contribution in [0.3, 0.4) is 0 Å². The maximum atomic E-state index is 10.4. The summed E-state index contributed by atoms with van der Waals surface area (Å²) in [6.07, 6.45) is 0. The third-order valence-corrected chi connectivity index (χ3v) is 0.576. The minimum atomic E-state index is -0.185. The van der Waals surface area contributed by atoms with Crippen LogP contribution in [0.25, 0.3) is 0 Å². The van der Waals surface area contributed by atoms with Crippen LogP contribution >= 0.6 is 0 Å². The van der Waals surface area contributed by atoms with Gasteiger partial charge in [0.05, 0.1) is 0 Å². The molecule has 3 heteroatoms. The molecule has 0 saturated heterocycles. The third-order valence-electron chi connectivity index (χ3n) is 0.576. The van der Waals surface area contributed by atoms with Crippen LogP contribution in [-0.2, 0) is 9.53 Å². The topological polar surface area (TPSA) is 38.3 Å². The van der Waals surface area contributed by atoms with Crippen molar-refractivity contribution < 1.29 is 9.53 Å². The van der Waals surface area contributed by atoms with Gasteiger partial charge in [-0.3, -0.25) is 4.79 Å². The Labute approximate surface area is 49.0 Å². The molecule has 0 aliphatic rings. The molecule has 3 nitrogen and oxygen atoms in total. The van der Waals surface area contributed by atoms with E-state index in [-0.39, 0.29) is 5.91 Å². The monoisotopic (exact) mass is 116 g/mol. The molecule has 0 aromatic heterocycles. The van der Waals surface area contributed by atoms with E-state index in [0.29, 0.717) is 6.54 Å². The van der Waals surface area contributed by atoms with Gasteiger partial charge in [-0.2, -0.15) is 0 Å². The Kier molecular flexibility index (Phi) is 4.26. The SMILES string of the molecule is CCNC(=O)[CH]OC. The highest BCUT2D eigenvalue weighted by atomic mass is 16.5. The van der Waals surface area contributed by atoms with Gasteiger partial charge in [0.2, 0.25) is 0 Å². The van der Waals surface area contributed by atoms with E-state index in [0.717, 1.165) is 6.61 Å². The first kappa shape index (κ1) is 7.43. The van der Waals surface area contributed by atoms with Crippen LogP contribution in [0.2, 0.25) is 0 Å². The van der Waals surface area contributed by atoms with Crippen molar-refractivity contribution >= 4 is 5.91 Å². The van der Waals surface area contributed by atoms with Gasteiger partial charge in [0.25, 0.3) is 5.91 Å². The molecule has 1 amide bonds. The van der Waals surface area contributed by atoms with Crippen molar-refractivity contribution in [1.82, 2.24) is 5.32 Å². The highest BCUT2D eigenvalue weighted by molar-refractivity contribution is 5.82. The lowest BCUT2D eigenvalue weighted by Crippen LogP contribution is -2.23. The van der Waals surface area contributed by atoms with Crippen LogP contribution < -0.4 is 5.32 Å². The number of amides is 1.